The standard InChI is InChI=1S/C21H36F2N4O2.HI/c1-6-24-21(26-16(4)10-9-13-27(7-2)8-3)25-15-17-11-12-18(28-5)19(14-17)29-20(22)23;/h11-12,14,16,20H,6-10,13,15H2,1-5H3,(H2,24,25,26);1H. The summed E-state index contributed by atoms with van der Waals surface area (Å²) in [6.07, 6.45) is 2.15. The van der Waals surface area contributed by atoms with Crippen LogP contribution in [0.15, 0.2) is 23.2 Å². The molecule has 0 aliphatic carbocycles. The summed E-state index contributed by atoms with van der Waals surface area (Å²) in [6, 6.07) is 5.21. The van der Waals surface area contributed by atoms with Crippen LogP contribution in [0.1, 0.15) is 46.1 Å². The Morgan fingerprint density at radius 1 is 1.17 bits per heavy atom. The van der Waals surface area contributed by atoms with Gasteiger partial charge >= 0.3 is 6.61 Å². The molecule has 0 aromatic heterocycles. The van der Waals surface area contributed by atoms with E-state index in [9.17, 15) is 8.78 Å². The molecule has 0 bridgehead atoms. The van der Waals surface area contributed by atoms with Gasteiger partial charge in [0, 0.05) is 12.6 Å². The molecule has 174 valence electrons. The first-order chi connectivity index (χ1) is 13.9. The molecule has 0 saturated carbocycles. The second-order valence-electron chi connectivity index (χ2n) is 6.77. The fourth-order valence-corrected chi connectivity index (χ4v) is 2.96. The van der Waals surface area contributed by atoms with Crippen molar-refractivity contribution in [2.45, 2.75) is 59.7 Å². The lowest BCUT2D eigenvalue weighted by atomic mass is 10.2. The molecule has 0 saturated heterocycles. The molecule has 1 aromatic rings. The number of ether oxygens (including phenoxy) is 2. The Balaban J connectivity index is 0.00000841. The average Bonchev–Trinajstić information content (AvgIpc) is 2.69. The molecule has 1 rings (SSSR count). The predicted octanol–water partition coefficient (Wildman–Crippen LogP) is 4.48. The molecule has 0 spiro atoms. The van der Waals surface area contributed by atoms with E-state index in [1.165, 1.54) is 13.2 Å². The molecule has 30 heavy (non-hydrogen) atoms. The van der Waals surface area contributed by atoms with E-state index < -0.39 is 6.61 Å². The van der Waals surface area contributed by atoms with Gasteiger partial charge in [0.25, 0.3) is 0 Å². The number of alkyl halides is 2. The molecule has 0 heterocycles. The largest absolute Gasteiger partial charge is 0.493 e. The highest BCUT2D eigenvalue weighted by molar-refractivity contribution is 14.0. The number of nitrogens with one attached hydrogen (secondary N) is 2. The minimum Gasteiger partial charge on any atom is -0.493 e. The number of benzene rings is 1. The number of nitrogens with zero attached hydrogens (tertiary/aromatic N) is 2. The SMILES string of the molecule is CCNC(=NCc1ccc(OC)c(OC(F)F)c1)NC(C)CCCN(CC)CC.I. The zero-order chi connectivity index (χ0) is 21.6. The molecule has 6 nitrogen and oxygen atoms in total. The van der Waals surface area contributed by atoms with E-state index in [2.05, 4.69) is 46.0 Å². The molecular weight excluding hydrogens is 505 g/mol. The highest BCUT2D eigenvalue weighted by Crippen LogP contribution is 2.29. The van der Waals surface area contributed by atoms with Crippen LogP contribution in [-0.2, 0) is 6.54 Å². The average molecular weight is 542 g/mol. The Morgan fingerprint density at radius 3 is 2.43 bits per heavy atom. The first-order valence-corrected chi connectivity index (χ1v) is 10.3. The van der Waals surface area contributed by atoms with Gasteiger partial charge in [-0.1, -0.05) is 19.9 Å². The number of aliphatic imine (C=N–C) groups is 1. The third-order valence-corrected chi connectivity index (χ3v) is 4.60. The van der Waals surface area contributed by atoms with Crippen molar-refractivity contribution in [2.75, 3.05) is 33.3 Å². The van der Waals surface area contributed by atoms with Crippen molar-refractivity contribution in [1.82, 2.24) is 15.5 Å². The lowest BCUT2D eigenvalue weighted by molar-refractivity contribution is -0.0512. The summed E-state index contributed by atoms with van der Waals surface area (Å²) < 4.78 is 34.8. The quantitative estimate of drug-likeness (QED) is 0.219. The van der Waals surface area contributed by atoms with Crippen LogP contribution in [0.25, 0.3) is 0 Å². The minimum atomic E-state index is -2.90. The molecule has 0 amide bonds. The molecule has 0 aliphatic rings. The van der Waals surface area contributed by atoms with Gasteiger partial charge in [-0.2, -0.15) is 8.78 Å². The fourth-order valence-electron chi connectivity index (χ4n) is 2.96. The zero-order valence-electron chi connectivity index (χ0n) is 18.7. The van der Waals surface area contributed by atoms with Crippen LogP contribution in [0.3, 0.4) is 0 Å². The molecule has 9 heteroatoms. The lowest BCUT2D eigenvalue weighted by Gasteiger charge is -2.21. The summed E-state index contributed by atoms with van der Waals surface area (Å²) in [5.74, 6) is 0.984. The van der Waals surface area contributed by atoms with E-state index in [0.717, 1.165) is 44.6 Å². The first kappa shape index (κ1) is 28.6. The van der Waals surface area contributed by atoms with Gasteiger partial charge in [0.15, 0.2) is 17.5 Å². The number of hydrogen-bond acceptors (Lipinski definition) is 4. The molecule has 0 radical (unpaired) electrons. The molecular formula is C21H37F2IN4O2. The Morgan fingerprint density at radius 2 is 1.87 bits per heavy atom. The van der Waals surface area contributed by atoms with Crippen LogP contribution in [0.2, 0.25) is 0 Å². The Hall–Kier alpha value is -1.36. The van der Waals surface area contributed by atoms with Gasteiger partial charge in [-0.3, -0.25) is 0 Å². The maximum Gasteiger partial charge on any atom is 0.387 e. The molecule has 0 fully saturated rings. The van der Waals surface area contributed by atoms with Gasteiger partial charge in [0.05, 0.1) is 13.7 Å². The van der Waals surface area contributed by atoms with Crippen LogP contribution in [0.5, 0.6) is 11.5 Å². The van der Waals surface area contributed by atoms with Crippen LogP contribution < -0.4 is 20.1 Å². The number of rotatable bonds is 13. The van der Waals surface area contributed by atoms with Crippen LogP contribution in [-0.4, -0.2) is 56.8 Å². The van der Waals surface area contributed by atoms with Gasteiger partial charge in [-0.05, 0) is 64.0 Å². The van der Waals surface area contributed by atoms with Gasteiger partial charge in [0.1, 0.15) is 0 Å². The van der Waals surface area contributed by atoms with Crippen molar-refractivity contribution in [2.24, 2.45) is 4.99 Å². The smallest absolute Gasteiger partial charge is 0.387 e. The summed E-state index contributed by atoms with van der Waals surface area (Å²) in [6.45, 7) is 9.90. The van der Waals surface area contributed by atoms with E-state index in [-0.39, 0.29) is 41.5 Å². The number of halogens is 3. The topological polar surface area (TPSA) is 58.1 Å². The maximum absolute atomic E-state index is 12.6. The van der Waals surface area contributed by atoms with Gasteiger partial charge in [-0.25, -0.2) is 4.99 Å². The second-order valence-corrected chi connectivity index (χ2v) is 6.77. The summed E-state index contributed by atoms with van der Waals surface area (Å²) >= 11 is 0. The second kappa shape index (κ2) is 16.3. The fraction of sp³-hybridized carbons (Fsp3) is 0.667. The van der Waals surface area contributed by atoms with E-state index in [1.807, 2.05) is 6.92 Å². The van der Waals surface area contributed by atoms with Crippen molar-refractivity contribution in [3.63, 3.8) is 0 Å². The Bertz CT molecular complexity index is 617. The van der Waals surface area contributed by atoms with Crippen molar-refractivity contribution < 1.29 is 18.3 Å². The van der Waals surface area contributed by atoms with Crippen molar-refractivity contribution >= 4 is 29.9 Å². The number of methoxy groups -OCH3 is 1. The highest BCUT2D eigenvalue weighted by Gasteiger charge is 2.12. The first-order valence-electron chi connectivity index (χ1n) is 10.3. The van der Waals surface area contributed by atoms with E-state index in [1.54, 1.807) is 12.1 Å². The van der Waals surface area contributed by atoms with Gasteiger partial charge < -0.3 is 25.0 Å². The van der Waals surface area contributed by atoms with Crippen molar-refractivity contribution in [1.29, 1.82) is 0 Å². The molecule has 1 atom stereocenters. The van der Waals surface area contributed by atoms with Crippen molar-refractivity contribution in [3.05, 3.63) is 23.8 Å². The predicted molar refractivity (Wildman–Crippen MR) is 129 cm³/mol. The van der Waals surface area contributed by atoms with E-state index in [0.29, 0.717) is 12.5 Å². The third kappa shape index (κ3) is 11.1. The minimum absolute atomic E-state index is 0. The third-order valence-electron chi connectivity index (χ3n) is 4.60. The monoisotopic (exact) mass is 542 g/mol. The van der Waals surface area contributed by atoms with Crippen LogP contribution in [0, 0.1) is 0 Å². The Labute approximate surface area is 196 Å². The molecule has 2 N–H and O–H groups in total. The number of hydrogen-bond donors (Lipinski definition) is 2. The summed E-state index contributed by atoms with van der Waals surface area (Å²) in [4.78, 5) is 6.99. The zero-order valence-corrected chi connectivity index (χ0v) is 21.0. The van der Waals surface area contributed by atoms with Crippen LogP contribution in [0.4, 0.5) is 8.78 Å². The van der Waals surface area contributed by atoms with Crippen LogP contribution >= 0.6 is 24.0 Å². The number of guanidine groups is 1. The molecule has 1 aromatic carbocycles. The Kier molecular flexibility index (Phi) is 15.6. The molecule has 1 unspecified atom stereocenters. The summed E-state index contributed by atoms with van der Waals surface area (Å²) in [5, 5.41) is 6.64. The normalized spacial score (nSPS) is 12.5. The maximum atomic E-state index is 12.6. The lowest BCUT2D eigenvalue weighted by Crippen LogP contribution is -2.42. The van der Waals surface area contributed by atoms with Gasteiger partial charge in [-0.15, -0.1) is 24.0 Å². The van der Waals surface area contributed by atoms with Crippen molar-refractivity contribution in [3.8, 4) is 11.5 Å². The van der Waals surface area contributed by atoms with Gasteiger partial charge in [0.2, 0.25) is 0 Å². The summed E-state index contributed by atoms with van der Waals surface area (Å²) in [7, 11) is 1.42. The molecule has 0 aliphatic heterocycles. The van der Waals surface area contributed by atoms with E-state index in [4.69, 9.17) is 4.74 Å². The highest BCUT2D eigenvalue weighted by atomic mass is 127. The summed E-state index contributed by atoms with van der Waals surface area (Å²) in [5.41, 5.74) is 0.757. The van der Waals surface area contributed by atoms with E-state index >= 15 is 0 Å².